The van der Waals surface area contributed by atoms with E-state index in [-0.39, 0.29) is 11.5 Å². The zero-order valence-electron chi connectivity index (χ0n) is 20.3. The van der Waals surface area contributed by atoms with Crippen LogP contribution in [-0.2, 0) is 0 Å². The lowest BCUT2D eigenvalue weighted by Crippen LogP contribution is -1.86. The molecule has 5 aromatic carbocycles. The van der Waals surface area contributed by atoms with Gasteiger partial charge in [-0.25, -0.2) is 0 Å². The number of hydrogen-bond acceptors (Lipinski definition) is 6. The number of aromatic hydroxyl groups is 2. The van der Waals surface area contributed by atoms with Gasteiger partial charge in [0.1, 0.15) is 11.5 Å². The normalized spacial score (nSPS) is 11.4. The molecule has 0 aliphatic rings. The summed E-state index contributed by atoms with van der Waals surface area (Å²) in [5.41, 5.74) is 2.54. The first-order chi connectivity index (χ1) is 18.7. The maximum Gasteiger partial charge on any atom is 0.138 e. The second-order valence-electron chi connectivity index (χ2n) is 8.22. The molecule has 0 amide bonds. The van der Waals surface area contributed by atoms with Crippen molar-refractivity contribution in [2.45, 2.75) is 19.6 Å². The Morgan fingerprint density at radius 2 is 0.842 bits per heavy atom. The van der Waals surface area contributed by atoms with E-state index in [1.54, 1.807) is 12.4 Å². The van der Waals surface area contributed by atoms with E-state index in [1.165, 1.54) is 23.5 Å². The average molecular weight is 533 g/mol. The Bertz CT molecular complexity index is 1470. The maximum atomic E-state index is 10.8. The van der Waals surface area contributed by atoms with E-state index in [9.17, 15) is 10.2 Å². The van der Waals surface area contributed by atoms with Crippen molar-refractivity contribution in [3.05, 3.63) is 132 Å². The minimum Gasteiger partial charge on any atom is -0.506 e. The highest BCUT2D eigenvalue weighted by molar-refractivity contribution is 7.99. The first-order valence-electron chi connectivity index (χ1n) is 11.9. The van der Waals surface area contributed by atoms with Crippen molar-refractivity contribution < 1.29 is 10.2 Å². The van der Waals surface area contributed by atoms with Crippen LogP contribution in [-0.4, -0.2) is 22.6 Å². The molecular weight excluding hydrogens is 508 g/mol. The van der Waals surface area contributed by atoms with E-state index in [1.807, 2.05) is 121 Å². The average Bonchev–Trinajstić information content (AvgIpc) is 2.95. The molecule has 0 fully saturated rings. The highest BCUT2D eigenvalue weighted by atomic mass is 32.2. The van der Waals surface area contributed by atoms with Gasteiger partial charge in [0.25, 0.3) is 0 Å². The van der Waals surface area contributed by atoms with E-state index >= 15 is 0 Å². The molecule has 0 saturated carbocycles. The van der Waals surface area contributed by atoms with Crippen molar-refractivity contribution in [3.63, 3.8) is 0 Å². The summed E-state index contributed by atoms with van der Waals surface area (Å²) in [4.78, 5) is 12.9. The summed E-state index contributed by atoms with van der Waals surface area (Å²) in [7, 11) is 0. The Labute approximate surface area is 230 Å². The number of nitrogens with zero attached hydrogens (tertiary/aromatic N) is 2. The Balaban J connectivity index is 1.36. The molecule has 0 unspecified atom stereocenters. The van der Waals surface area contributed by atoms with Gasteiger partial charge in [-0.2, -0.15) is 0 Å². The number of rotatable bonds is 8. The van der Waals surface area contributed by atoms with E-state index in [0.717, 1.165) is 19.6 Å². The second-order valence-corrected chi connectivity index (χ2v) is 10.5. The maximum absolute atomic E-state index is 10.8. The quantitative estimate of drug-likeness (QED) is 0.196. The minimum atomic E-state index is 0.184. The predicted molar refractivity (Wildman–Crippen MR) is 158 cm³/mol. The van der Waals surface area contributed by atoms with Crippen molar-refractivity contribution in [2.24, 2.45) is 9.98 Å². The van der Waals surface area contributed by atoms with Crippen LogP contribution in [0.1, 0.15) is 11.1 Å². The van der Waals surface area contributed by atoms with E-state index in [0.29, 0.717) is 22.5 Å². The van der Waals surface area contributed by atoms with Gasteiger partial charge in [0, 0.05) is 33.3 Å². The third-order valence-electron chi connectivity index (χ3n) is 5.57. The molecule has 0 aliphatic heterocycles. The van der Waals surface area contributed by atoms with Crippen LogP contribution < -0.4 is 0 Å². The van der Waals surface area contributed by atoms with Crippen molar-refractivity contribution in [1.82, 2.24) is 0 Å². The molecule has 0 spiro atoms. The number of para-hydroxylation sites is 4. The summed E-state index contributed by atoms with van der Waals surface area (Å²) in [5.74, 6) is 0.368. The van der Waals surface area contributed by atoms with Crippen LogP contribution in [0.4, 0.5) is 11.4 Å². The Kier molecular flexibility index (Phi) is 8.23. The van der Waals surface area contributed by atoms with E-state index < -0.39 is 0 Å². The molecule has 0 heterocycles. The Morgan fingerprint density at radius 3 is 1.26 bits per heavy atom. The molecular formula is C32H24N2O2S2. The molecule has 4 nitrogen and oxygen atoms in total. The summed E-state index contributed by atoms with van der Waals surface area (Å²) < 4.78 is 0. The fourth-order valence-electron chi connectivity index (χ4n) is 3.64. The van der Waals surface area contributed by atoms with Gasteiger partial charge >= 0.3 is 0 Å². The molecule has 38 heavy (non-hydrogen) atoms. The number of hydrogen-bond donors (Lipinski definition) is 2. The molecule has 0 saturated heterocycles. The fraction of sp³-hybridized carbons (Fsp3) is 0. The molecule has 0 radical (unpaired) electrons. The molecule has 5 rings (SSSR count). The van der Waals surface area contributed by atoms with Gasteiger partial charge < -0.3 is 10.2 Å². The monoisotopic (exact) mass is 532 g/mol. The fourth-order valence-corrected chi connectivity index (χ4v) is 5.46. The Hall–Kier alpha value is -4.26. The van der Waals surface area contributed by atoms with Crippen molar-refractivity contribution >= 4 is 47.3 Å². The lowest BCUT2D eigenvalue weighted by atomic mass is 10.2. The lowest BCUT2D eigenvalue weighted by Gasteiger charge is -2.07. The molecule has 0 aliphatic carbocycles. The van der Waals surface area contributed by atoms with Crippen LogP contribution in [0.15, 0.2) is 151 Å². The van der Waals surface area contributed by atoms with Crippen LogP contribution in [0.3, 0.4) is 0 Å². The topological polar surface area (TPSA) is 65.2 Å². The highest BCUT2D eigenvalue weighted by Crippen LogP contribution is 2.37. The molecule has 6 heteroatoms. The first-order valence-corrected chi connectivity index (χ1v) is 13.6. The third-order valence-corrected chi connectivity index (χ3v) is 7.68. The van der Waals surface area contributed by atoms with Crippen molar-refractivity contribution in [1.29, 1.82) is 0 Å². The molecule has 0 bridgehead atoms. The smallest absolute Gasteiger partial charge is 0.138 e. The molecule has 0 aromatic heterocycles. The van der Waals surface area contributed by atoms with Crippen LogP contribution in [0.5, 0.6) is 11.5 Å². The predicted octanol–water partition coefficient (Wildman–Crippen LogP) is 8.90. The highest BCUT2D eigenvalue weighted by Gasteiger charge is 2.09. The van der Waals surface area contributed by atoms with Gasteiger partial charge in [-0.3, -0.25) is 9.98 Å². The minimum absolute atomic E-state index is 0.184. The van der Waals surface area contributed by atoms with Crippen molar-refractivity contribution in [2.75, 3.05) is 0 Å². The van der Waals surface area contributed by atoms with Crippen LogP contribution in [0, 0.1) is 0 Å². The van der Waals surface area contributed by atoms with Crippen LogP contribution in [0.2, 0.25) is 0 Å². The van der Waals surface area contributed by atoms with Gasteiger partial charge in [0.05, 0.1) is 21.2 Å². The van der Waals surface area contributed by atoms with Crippen LogP contribution >= 0.6 is 23.5 Å². The SMILES string of the molecule is Oc1c(C=Nc2ccccc2N=Cc2cccc(Sc3ccccc3)c2O)cccc1Sc1ccccc1. The standard InChI is InChI=1S/C32H24N2O2S2/c35-31-23(11-9-19-29(31)37-25-13-3-1-4-14-25)21-33-27-17-7-8-18-28(27)34-22-24-12-10-20-30(32(24)36)38-26-15-5-2-6-16-26/h1-22,35-36H. The number of phenolic OH excluding ortho intramolecular Hbond substituents is 2. The molecule has 2 N–H and O–H groups in total. The lowest BCUT2D eigenvalue weighted by molar-refractivity contribution is 0.461. The van der Waals surface area contributed by atoms with Gasteiger partial charge in [-0.05, 0) is 60.7 Å². The van der Waals surface area contributed by atoms with Gasteiger partial charge in [-0.15, -0.1) is 0 Å². The number of aliphatic imine (C=N–C) groups is 2. The summed E-state index contributed by atoms with van der Waals surface area (Å²) in [6.45, 7) is 0. The summed E-state index contributed by atoms with van der Waals surface area (Å²) in [5, 5.41) is 21.7. The summed E-state index contributed by atoms with van der Waals surface area (Å²) >= 11 is 3.00. The van der Waals surface area contributed by atoms with Gasteiger partial charge in [0.2, 0.25) is 0 Å². The van der Waals surface area contributed by atoms with Crippen molar-refractivity contribution in [3.8, 4) is 11.5 Å². The summed E-state index contributed by atoms with van der Waals surface area (Å²) in [6.07, 6.45) is 3.29. The summed E-state index contributed by atoms with van der Waals surface area (Å²) in [6, 6.07) is 38.6. The number of phenols is 2. The molecule has 5 aromatic rings. The zero-order chi connectivity index (χ0) is 26.2. The molecule has 186 valence electrons. The van der Waals surface area contributed by atoms with Gasteiger partial charge in [0.15, 0.2) is 0 Å². The first kappa shape index (κ1) is 25.4. The zero-order valence-corrected chi connectivity index (χ0v) is 21.9. The van der Waals surface area contributed by atoms with Gasteiger partial charge in [-0.1, -0.05) is 84.2 Å². The van der Waals surface area contributed by atoms with E-state index in [4.69, 9.17) is 0 Å². The van der Waals surface area contributed by atoms with Crippen LogP contribution in [0.25, 0.3) is 0 Å². The number of benzene rings is 5. The third kappa shape index (κ3) is 6.35. The molecule has 0 atom stereocenters. The Morgan fingerprint density at radius 1 is 0.447 bits per heavy atom. The van der Waals surface area contributed by atoms with E-state index in [2.05, 4.69) is 9.98 Å². The second kappa shape index (κ2) is 12.3. The largest absolute Gasteiger partial charge is 0.506 e.